The Kier molecular flexibility index (Phi) is 13.8. The molecule has 2 aromatic rings. The first-order valence-corrected chi connectivity index (χ1v) is 18.4. The van der Waals surface area contributed by atoms with Crippen molar-refractivity contribution in [1.29, 1.82) is 0 Å². The number of ether oxygens (including phenoxy) is 3. The summed E-state index contributed by atoms with van der Waals surface area (Å²) in [5.41, 5.74) is 4.53. The Hall–Kier alpha value is -2.60. The molecule has 4 atom stereocenters. The quantitative estimate of drug-likeness (QED) is 0.0849. The smallest absolute Gasteiger partial charge is 0.327 e. The molecule has 0 bridgehead atoms. The third-order valence-electron chi connectivity index (χ3n) is 8.20. The molecule has 2 aromatic heterocycles. The minimum atomic E-state index is -3.75. The molecule has 254 valence electrons. The number of nitrogens with one attached hydrogen (secondary N) is 2. The summed E-state index contributed by atoms with van der Waals surface area (Å²) >= 11 is 0. The maximum atomic E-state index is 14.7. The van der Waals surface area contributed by atoms with Gasteiger partial charge in [0.25, 0.3) is 0 Å². The molecule has 1 aliphatic carbocycles. The van der Waals surface area contributed by atoms with Crippen LogP contribution < -0.4 is 15.9 Å². The number of hydrogen-bond acceptors (Lipinski definition) is 10. The van der Waals surface area contributed by atoms with Gasteiger partial charge < -0.3 is 24.5 Å². The summed E-state index contributed by atoms with van der Waals surface area (Å²) in [5.74, 6) is -0.711. The zero-order valence-corrected chi connectivity index (χ0v) is 28.9. The number of nitrogen functional groups attached to an aromatic ring is 1. The molecular weight excluding hydrogens is 597 g/mol. The van der Waals surface area contributed by atoms with Crippen LogP contribution in [0, 0.1) is 5.92 Å². The van der Waals surface area contributed by atoms with Gasteiger partial charge in [0.2, 0.25) is 7.44 Å². The SMILES string of the molecule is CCCCCCOC(=O)C(C)(C)NP(=O)(CO[C@H](C)Cn1cnc2c(N)ncnc21)N[C@]1(C(=O)OCCCCCC)C[C@H]1CC. The van der Waals surface area contributed by atoms with Crippen LogP contribution in [0.3, 0.4) is 0 Å². The molecular formula is C31H54N7O6P. The van der Waals surface area contributed by atoms with E-state index in [0.717, 1.165) is 51.4 Å². The second kappa shape index (κ2) is 16.8. The second-order valence-corrected chi connectivity index (χ2v) is 14.9. The molecule has 45 heavy (non-hydrogen) atoms. The highest BCUT2D eigenvalue weighted by Gasteiger charge is 2.63. The molecule has 0 spiro atoms. The van der Waals surface area contributed by atoms with Crippen LogP contribution in [0.5, 0.6) is 0 Å². The van der Waals surface area contributed by atoms with E-state index in [0.29, 0.717) is 37.2 Å². The van der Waals surface area contributed by atoms with Gasteiger partial charge in [-0.05, 0) is 46.0 Å². The van der Waals surface area contributed by atoms with E-state index in [4.69, 9.17) is 19.9 Å². The number of aromatic nitrogens is 4. The van der Waals surface area contributed by atoms with E-state index in [1.807, 2.05) is 13.8 Å². The van der Waals surface area contributed by atoms with Gasteiger partial charge in [-0.3, -0.25) is 14.2 Å². The molecule has 1 unspecified atom stereocenters. The molecule has 1 saturated carbocycles. The van der Waals surface area contributed by atoms with Gasteiger partial charge in [0, 0.05) is 0 Å². The first-order valence-electron chi connectivity index (χ1n) is 16.5. The van der Waals surface area contributed by atoms with Crippen molar-refractivity contribution in [3.63, 3.8) is 0 Å². The van der Waals surface area contributed by atoms with E-state index in [-0.39, 0.29) is 24.7 Å². The Morgan fingerprint density at radius 1 is 1.07 bits per heavy atom. The fourth-order valence-corrected chi connectivity index (χ4v) is 8.11. The highest BCUT2D eigenvalue weighted by molar-refractivity contribution is 7.59. The van der Waals surface area contributed by atoms with Crippen LogP contribution in [-0.2, 0) is 34.9 Å². The number of esters is 2. The number of unbranched alkanes of at least 4 members (excludes halogenated alkanes) is 6. The lowest BCUT2D eigenvalue weighted by molar-refractivity contribution is -0.149. The van der Waals surface area contributed by atoms with Crippen molar-refractivity contribution < 1.29 is 28.4 Å². The predicted molar refractivity (Wildman–Crippen MR) is 174 cm³/mol. The lowest BCUT2D eigenvalue weighted by Crippen LogP contribution is -2.52. The van der Waals surface area contributed by atoms with E-state index in [1.165, 1.54) is 6.33 Å². The number of hydrogen-bond donors (Lipinski definition) is 3. The van der Waals surface area contributed by atoms with Crippen LogP contribution in [0.25, 0.3) is 11.2 Å². The summed E-state index contributed by atoms with van der Waals surface area (Å²) in [6.45, 7) is 12.3. The van der Waals surface area contributed by atoms with Crippen molar-refractivity contribution in [3.05, 3.63) is 12.7 Å². The van der Waals surface area contributed by atoms with Crippen molar-refractivity contribution in [2.24, 2.45) is 5.92 Å². The van der Waals surface area contributed by atoms with Crippen LogP contribution >= 0.6 is 7.44 Å². The molecule has 0 aromatic carbocycles. The second-order valence-electron chi connectivity index (χ2n) is 12.7. The summed E-state index contributed by atoms with van der Waals surface area (Å²) in [7, 11) is -3.75. The monoisotopic (exact) mass is 651 g/mol. The highest BCUT2D eigenvalue weighted by atomic mass is 31.2. The van der Waals surface area contributed by atoms with E-state index in [1.54, 1.807) is 24.7 Å². The number of carbonyl (C=O) groups is 2. The van der Waals surface area contributed by atoms with Gasteiger partial charge in [-0.1, -0.05) is 65.7 Å². The maximum absolute atomic E-state index is 14.7. The summed E-state index contributed by atoms with van der Waals surface area (Å²) in [4.78, 5) is 39.1. The lowest BCUT2D eigenvalue weighted by atomic mass is 10.1. The van der Waals surface area contributed by atoms with E-state index in [2.05, 4.69) is 39.0 Å². The van der Waals surface area contributed by atoms with Crippen molar-refractivity contribution >= 4 is 36.4 Å². The average molecular weight is 652 g/mol. The van der Waals surface area contributed by atoms with Crippen molar-refractivity contribution in [2.75, 3.05) is 25.3 Å². The normalized spacial score (nSPS) is 20.1. The molecule has 1 fully saturated rings. The van der Waals surface area contributed by atoms with Crippen LogP contribution in [0.1, 0.15) is 106 Å². The zero-order valence-electron chi connectivity index (χ0n) is 28.0. The van der Waals surface area contributed by atoms with Crippen molar-refractivity contribution in [3.8, 4) is 0 Å². The molecule has 0 radical (unpaired) electrons. The minimum absolute atomic E-state index is 0.0516. The van der Waals surface area contributed by atoms with Crippen LogP contribution in [0.2, 0.25) is 0 Å². The van der Waals surface area contributed by atoms with Gasteiger partial charge in [-0.15, -0.1) is 0 Å². The Bertz CT molecular complexity index is 1300. The molecule has 0 aliphatic heterocycles. The molecule has 14 heteroatoms. The Labute approximate surface area is 267 Å². The predicted octanol–water partition coefficient (Wildman–Crippen LogP) is 5.34. The fraction of sp³-hybridized carbons (Fsp3) is 0.774. The highest BCUT2D eigenvalue weighted by Crippen LogP contribution is 2.54. The van der Waals surface area contributed by atoms with E-state index in [9.17, 15) is 14.2 Å². The zero-order chi connectivity index (χ0) is 33.1. The average Bonchev–Trinajstić information content (AvgIpc) is 3.56. The molecule has 2 heterocycles. The maximum Gasteiger partial charge on any atom is 0.327 e. The lowest BCUT2D eigenvalue weighted by Gasteiger charge is -2.33. The molecule has 13 nitrogen and oxygen atoms in total. The molecule has 0 saturated heterocycles. The summed E-state index contributed by atoms with van der Waals surface area (Å²) in [6, 6.07) is 0. The largest absolute Gasteiger partial charge is 0.464 e. The number of fused-ring (bicyclic) bond motifs is 1. The summed E-state index contributed by atoms with van der Waals surface area (Å²) < 4.78 is 33.9. The molecule has 0 amide bonds. The Balaban J connectivity index is 1.75. The number of imidazole rings is 1. The molecule has 3 rings (SSSR count). The van der Waals surface area contributed by atoms with Gasteiger partial charge in [0.15, 0.2) is 11.5 Å². The number of anilines is 1. The van der Waals surface area contributed by atoms with Gasteiger partial charge in [0.1, 0.15) is 29.3 Å². The summed E-state index contributed by atoms with van der Waals surface area (Å²) in [5, 5.41) is 6.19. The topological polar surface area (TPSA) is 173 Å². The van der Waals surface area contributed by atoms with E-state index >= 15 is 0 Å². The number of nitrogens with zero attached hydrogens (tertiary/aromatic N) is 4. The first kappa shape index (κ1) is 36.9. The standard InChI is InChI=1S/C31H54N7O6P/c1-7-10-12-14-16-42-28(39)30(5,6)36-45(41,37-31(18-24(31)9-3)29(40)43-17-15-13-11-8-2)22-44-23(4)19-38-21-35-25-26(32)33-20-34-27(25)38/h20-21,23-24H,7-19,22H2,1-6H3,(H2,32,33,34)(H2,36,37,41)/t23-,24-,31-,45?/m1/s1. The van der Waals surface area contributed by atoms with Crippen LogP contribution in [0.15, 0.2) is 12.7 Å². The number of nitrogens with two attached hydrogens (primary N) is 1. The van der Waals surface area contributed by atoms with Crippen molar-refractivity contribution in [1.82, 2.24) is 29.7 Å². The third kappa shape index (κ3) is 10.2. The van der Waals surface area contributed by atoms with Crippen molar-refractivity contribution in [2.45, 2.75) is 129 Å². The minimum Gasteiger partial charge on any atom is -0.464 e. The van der Waals surface area contributed by atoms with Crippen LogP contribution in [-0.4, -0.2) is 68.2 Å². The van der Waals surface area contributed by atoms with Gasteiger partial charge in [-0.25, -0.2) is 25.1 Å². The Morgan fingerprint density at radius 2 is 1.73 bits per heavy atom. The number of rotatable bonds is 22. The van der Waals surface area contributed by atoms with Gasteiger partial charge in [-0.2, -0.15) is 0 Å². The fourth-order valence-electron chi connectivity index (χ4n) is 5.46. The first-order chi connectivity index (χ1) is 21.4. The van der Waals surface area contributed by atoms with Gasteiger partial charge in [0.05, 0.1) is 32.2 Å². The van der Waals surface area contributed by atoms with E-state index < -0.39 is 36.6 Å². The summed E-state index contributed by atoms with van der Waals surface area (Å²) in [6.07, 6.45) is 11.2. The Morgan fingerprint density at radius 3 is 2.36 bits per heavy atom. The number of carbonyl (C=O) groups excluding carboxylic acids is 2. The third-order valence-corrected chi connectivity index (χ3v) is 10.4. The van der Waals surface area contributed by atoms with Crippen LogP contribution in [0.4, 0.5) is 5.82 Å². The molecule has 1 aliphatic rings. The molecule has 4 N–H and O–H groups in total. The van der Waals surface area contributed by atoms with Gasteiger partial charge >= 0.3 is 11.9 Å².